The number of rotatable bonds is 11. The van der Waals surface area contributed by atoms with E-state index in [1.165, 1.54) is 62.4 Å². The molecule has 0 saturated carbocycles. The van der Waals surface area contributed by atoms with E-state index in [-0.39, 0.29) is 22.8 Å². The second kappa shape index (κ2) is 12.4. The van der Waals surface area contributed by atoms with Gasteiger partial charge in [0.25, 0.3) is 15.7 Å². The fraction of sp³-hybridized carbons (Fsp3) is 0.259. The number of likely N-dealkylation sites (N-methyl/N-ethyl adjacent to an activating group) is 1. The maximum Gasteiger partial charge on any atom is 0.273 e. The van der Waals surface area contributed by atoms with E-state index < -0.39 is 39.3 Å². The van der Waals surface area contributed by atoms with Crippen LogP contribution in [0.3, 0.4) is 0 Å². The number of ether oxygens (including phenoxy) is 1. The highest BCUT2D eigenvalue weighted by Gasteiger charge is 2.33. The smallest absolute Gasteiger partial charge is 0.273 e. The molecule has 0 saturated heterocycles. The molecule has 3 aromatic carbocycles. The van der Waals surface area contributed by atoms with Gasteiger partial charge in [0.15, 0.2) is 0 Å². The quantitative estimate of drug-likeness (QED) is 0.283. The molecule has 1 N–H and O–H groups in total. The van der Waals surface area contributed by atoms with Crippen LogP contribution in [-0.2, 0) is 26.2 Å². The summed E-state index contributed by atoms with van der Waals surface area (Å²) in [5, 5.41) is 14.0. The molecule has 0 aliphatic heterocycles. The van der Waals surface area contributed by atoms with Crippen molar-refractivity contribution in [1.29, 1.82) is 0 Å². The Kier molecular flexibility index (Phi) is 9.25. The molecule has 0 heterocycles. The Labute approximate surface area is 227 Å². The average molecular weight is 555 g/mol. The zero-order valence-corrected chi connectivity index (χ0v) is 22.8. The van der Waals surface area contributed by atoms with Gasteiger partial charge in [-0.15, -0.1) is 0 Å². The Bertz CT molecular complexity index is 1440. The van der Waals surface area contributed by atoms with Crippen molar-refractivity contribution >= 4 is 33.2 Å². The van der Waals surface area contributed by atoms with Crippen molar-refractivity contribution in [3.8, 4) is 5.75 Å². The Morgan fingerprint density at radius 1 is 1.05 bits per heavy atom. The molecule has 0 bridgehead atoms. The van der Waals surface area contributed by atoms with Crippen molar-refractivity contribution in [3.05, 3.63) is 94.0 Å². The normalized spacial score (nSPS) is 11.8. The van der Waals surface area contributed by atoms with E-state index >= 15 is 0 Å². The molecular formula is C27H30N4O7S. The summed E-state index contributed by atoms with van der Waals surface area (Å²) in [5.41, 5.74) is 0.810. The number of nitro groups is 1. The molecule has 0 fully saturated rings. The first-order valence-electron chi connectivity index (χ1n) is 12.0. The molecule has 0 unspecified atom stereocenters. The number of sulfonamides is 1. The van der Waals surface area contributed by atoms with Gasteiger partial charge >= 0.3 is 0 Å². The highest BCUT2D eigenvalue weighted by molar-refractivity contribution is 7.92. The lowest BCUT2D eigenvalue weighted by molar-refractivity contribution is -0.385. The zero-order valence-electron chi connectivity index (χ0n) is 22.0. The number of carbonyl (C=O) groups excluding carboxylic acids is 2. The average Bonchev–Trinajstić information content (AvgIpc) is 2.94. The lowest BCUT2D eigenvalue weighted by atomic mass is 10.1. The van der Waals surface area contributed by atoms with Crippen LogP contribution in [0.5, 0.6) is 5.75 Å². The first-order chi connectivity index (χ1) is 18.5. The summed E-state index contributed by atoms with van der Waals surface area (Å²) in [7, 11) is -1.55. The summed E-state index contributed by atoms with van der Waals surface area (Å²) >= 11 is 0. The van der Waals surface area contributed by atoms with Crippen molar-refractivity contribution in [2.24, 2.45) is 0 Å². The number of amides is 2. The van der Waals surface area contributed by atoms with Crippen molar-refractivity contribution in [2.75, 3.05) is 25.0 Å². The molecule has 2 amide bonds. The van der Waals surface area contributed by atoms with Gasteiger partial charge in [-0.2, -0.15) is 0 Å². The van der Waals surface area contributed by atoms with Crippen LogP contribution in [0.25, 0.3) is 0 Å². The van der Waals surface area contributed by atoms with E-state index in [0.717, 1.165) is 15.9 Å². The van der Waals surface area contributed by atoms with Crippen molar-refractivity contribution in [2.45, 2.75) is 31.3 Å². The van der Waals surface area contributed by atoms with Crippen molar-refractivity contribution in [3.63, 3.8) is 0 Å². The fourth-order valence-electron chi connectivity index (χ4n) is 3.92. The van der Waals surface area contributed by atoms with Gasteiger partial charge in [-0.25, -0.2) is 8.42 Å². The number of hydrogen-bond acceptors (Lipinski definition) is 7. The summed E-state index contributed by atoms with van der Waals surface area (Å²) in [6.45, 7) is 2.45. The number of methoxy groups -OCH3 is 1. The second-order valence-electron chi connectivity index (χ2n) is 8.71. The van der Waals surface area contributed by atoms with Crippen molar-refractivity contribution in [1.82, 2.24) is 10.2 Å². The summed E-state index contributed by atoms with van der Waals surface area (Å²) < 4.78 is 33.8. The van der Waals surface area contributed by atoms with E-state index in [1.54, 1.807) is 31.2 Å². The van der Waals surface area contributed by atoms with Crippen LogP contribution < -0.4 is 14.4 Å². The van der Waals surface area contributed by atoms with E-state index in [2.05, 4.69) is 5.32 Å². The topological polar surface area (TPSA) is 139 Å². The maximum atomic E-state index is 13.9. The molecule has 0 radical (unpaired) electrons. The van der Waals surface area contributed by atoms with Gasteiger partial charge in [0.05, 0.1) is 22.6 Å². The number of carbonyl (C=O) groups is 2. The Balaban J connectivity index is 2.09. The summed E-state index contributed by atoms with van der Waals surface area (Å²) in [6.07, 6.45) is 0. The van der Waals surface area contributed by atoms with Gasteiger partial charge in [-0.1, -0.05) is 36.4 Å². The SMILES string of the molecule is CNC(=O)[C@H](C)N(Cc1ccccc1)C(=O)CN(c1ccc(OC)cc1)S(=O)(=O)c1ccc(C)c([N+](=O)[O-])c1. The van der Waals surface area contributed by atoms with Crippen LogP contribution >= 0.6 is 0 Å². The minimum atomic E-state index is -4.46. The van der Waals surface area contributed by atoms with Crippen LogP contribution in [0.15, 0.2) is 77.7 Å². The Hall–Kier alpha value is -4.45. The fourth-order valence-corrected chi connectivity index (χ4v) is 5.36. The van der Waals surface area contributed by atoms with Crippen molar-refractivity contribution < 1.29 is 27.7 Å². The molecule has 0 aliphatic rings. The molecule has 12 heteroatoms. The number of nitrogens with zero attached hydrogens (tertiary/aromatic N) is 3. The number of nitro benzene ring substituents is 1. The van der Waals surface area contributed by atoms with Gasteiger partial charge in [0.2, 0.25) is 11.8 Å². The van der Waals surface area contributed by atoms with Gasteiger partial charge in [0, 0.05) is 25.2 Å². The molecule has 11 nitrogen and oxygen atoms in total. The minimum absolute atomic E-state index is 0.0563. The number of nitrogens with one attached hydrogen (secondary N) is 1. The minimum Gasteiger partial charge on any atom is -0.497 e. The number of anilines is 1. The first-order valence-corrected chi connectivity index (χ1v) is 13.4. The third-order valence-electron chi connectivity index (χ3n) is 6.21. The number of aryl methyl sites for hydroxylation is 1. The number of hydrogen-bond donors (Lipinski definition) is 1. The predicted octanol–water partition coefficient (Wildman–Crippen LogP) is 3.27. The summed E-state index contributed by atoms with van der Waals surface area (Å²) in [6, 6.07) is 17.7. The lowest BCUT2D eigenvalue weighted by Gasteiger charge is -2.31. The molecule has 3 rings (SSSR count). The lowest BCUT2D eigenvalue weighted by Crippen LogP contribution is -2.50. The van der Waals surface area contributed by atoms with E-state index in [4.69, 9.17) is 4.74 Å². The van der Waals surface area contributed by atoms with Gasteiger partial charge < -0.3 is 15.0 Å². The molecule has 1 atom stereocenters. The van der Waals surface area contributed by atoms with Gasteiger partial charge in [-0.3, -0.25) is 24.0 Å². The second-order valence-corrected chi connectivity index (χ2v) is 10.6. The molecule has 0 spiro atoms. The van der Waals surface area contributed by atoms with Crippen LogP contribution in [0, 0.1) is 17.0 Å². The third-order valence-corrected chi connectivity index (χ3v) is 7.98. The molecule has 39 heavy (non-hydrogen) atoms. The van der Waals surface area contributed by atoms with Crippen LogP contribution in [-0.4, -0.2) is 56.8 Å². The molecule has 0 aromatic heterocycles. The summed E-state index contributed by atoms with van der Waals surface area (Å²) in [4.78, 5) is 38.0. The van der Waals surface area contributed by atoms with Crippen LogP contribution in [0.2, 0.25) is 0 Å². The zero-order chi connectivity index (χ0) is 28.7. The maximum absolute atomic E-state index is 13.9. The highest BCUT2D eigenvalue weighted by atomic mass is 32.2. The highest BCUT2D eigenvalue weighted by Crippen LogP contribution is 2.29. The molecule has 0 aliphatic carbocycles. The largest absolute Gasteiger partial charge is 0.497 e. The van der Waals surface area contributed by atoms with Gasteiger partial charge in [0.1, 0.15) is 18.3 Å². The molecule has 3 aromatic rings. The first kappa shape index (κ1) is 29.1. The standard InChI is InChI=1S/C27H30N4O7S/c1-19-10-15-24(16-25(19)31(34)35)39(36,37)30(22-11-13-23(38-4)14-12-22)18-26(32)29(20(2)27(33)28-3)17-21-8-6-5-7-9-21/h5-16,20H,17-18H2,1-4H3,(H,28,33)/t20-/m0/s1. The molecular weight excluding hydrogens is 524 g/mol. The summed E-state index contributed by atoms with van der Waals surface area (Å²) in [5.74, 6) is -0.601. The Morgan fingerprint density at radius 2 is 1.69 bits per heavy atom. The van der Waals surface area contributed by atoms with E-state index in [1.807, 2.05) is 6.07 Å². The van der Waals surface area contributed by atoms with E-state index in [0.29, 0.717) is 11.3 Å². The van der Waals surface area contributed by atoms with Crippen LogP contribution in [0.4, 0.5) is 11.4 Å². The van der Waals surface area contributed by atoms with Crippen LogP contribution in [0.1, 0.15) is 18.1 Å². The third kappa shape index (κ3) is 6.71. The predicted molar refractivity (Wildman–Crippen MR) is 146 cm³/mol. The number of benzene rings is 3. The van der Waals surface area contributed by atoms with E-state index in [9.17, 15) is 28.1 Å². The monoisotopic (exact) mass is 554 g/mol. The van der Waals surface area contributed by atoms with Gasteiger partial charge in [-0.05, 0) is 49.7 Å². The molecule has 206 valence electrons. The Morgan fingerprint density at radius 3 is 2.26 bits per heavy atom.